The Balaban J connectivity index is 2.94. The van der Waals surface area contributed by atoms with Crippen molar-refractivity contribution < 1.29 is 0 Å². The Hall–Kier alpha value is -0.450. The minimum absolute atomic E-state index is 0.146. The second-order valence-electron chi connectivity index (χ2n) is 5.40. The van der Waals surface area contributed by atoms with E-state index in [1.54, 1.807) is 0 Å². The Morgan fingerprint density at radius 3 is 2.35 bits per heavy atom. The van der Waals surface area contributed by atoms with E-state index in [9.17, 15) is 0 Å². The first-order valence-corrected chi connectivity index (χ1v) is 8.33. The van der Waals surface area contributed by atoms with Gasteiger partial charge in [0.1, 0.15) is 0 Å². The third-order valence-electron chi connectivity index (χ3n) is 4.50. The summed E-state index contributed by atoms with van der Waals surface area (Å²) in [6, 6.07) is 4.56. The van der Waals surface area contributed by atoms with Crippen LogP contribution in [0.4, 0.5) is 0 Å². The second kappa shape index (κ2) is 8.11. The first-order chi connectivity index (χ1) is 9.51. The largest absolute Gasteiger partial charge is 0.315 e. The van der Waals surface area contributed by atoms with Crippen LogP contribution in [0.5, 0.6) is 0 Å². The molecule has 0 spiro atoms. The van der Waals surface area contributed by atoms with Gasteiger partial charge in [0.15, 0.2) is 0 Å². The van der Waals surface area contributed by atoms with Gasteiger partial charge in [0.05, 0.1) is 0 Å². The standard InChI is InChI=1S/C16H28BrN3/c1-6-16(4,20(7-2)8-3)15(18-5)11-14-10-9-13(17)12-19-14/h9-10,12,15,18H,6-8,11H2,1-5H3. The lowest BCUT2D eigenvalue weighted by atomic mass is 9.84. The Kier molecular flexibility index (Phi) is 7.13. The summed E-state index contributed by atoms with van der Waals surface area (Å²) in [5, 5.41) is 3.51. The molecule has 1 heterocycles. The Morgan fingerprint density at radius 1 is 1.30 bits per heavy atom. The smallest absolute Gasteiger partial charge is 0.0420 e. The highest BCUT2D eigenvalue weighted by atomic mass is 79.9. The number of aromatic nitrogens is 1. The molecule has 0 saturated heterocycles. The number of nitrogens with zero attached hydrogens (tertiary/aromatic N) is 2. The van der Waals surface area contributed by atoms with Crippen molar-refractivity contribution in [2.75, 3.05) is 20.1 Å². The maximum atomic E-state index is 4.52. The molecule has 1 rings (SSSR count). The highest BCUT2D eigenvalue weighted by molar-refractivity contribution is 9.10. The molecule has 2 unspecified atom stereocenters. The average Bonchev–Trinajstić information content (AvgIpc) is 2.47. The summed E-state index contributed by atoms with van der Waals surface area (Å²) in [6.45, 7) is 11.3. The van der Waals surface area contributed by atoms with Crippen molar-refractivity contribution in [3.63, 3.8) is 0 Å². The first kappa shape index (κ1) is 17.6. The van der Waals surface area contributed by atoms with Crippen LogP contribution in [0.15, 0.2) is 22.8 Å². The van der Waals surface area contributed by atoms with Crippen LogP contribution in [-0.4, -0.2) is 41.6 Å². The number of rotatable bonds is 8. The summed E-state index contributed by atoms with van der Waals surface area (Å²) in [5.41, 5.74) is 1.28. The normalized spacial score (nSPS) is 16.1. The Labute approximate surface area is 132 Å². The topological polar surface area (TPSA) is 28.2 Å². The summed E-state index contributed by atoms with van der Waals surface area (Å²) < 4.78 is 1.03. The number of nitrogens with one attached hydrogen (secondary N) is 1. The quantitative estimate of drug-likeness (QED) is 0.784. The summed E-state index contributed by atoms with van der Waals surface area (Å²) >= 11 is 3.44. The van der Waals surface area contributed by atoms with Crippen molar-refractivity contribution in [2.45, 2.75) is 52.1 Å². The van der Waals surface area contributed by atoms with Gasteiger partial charge >= 0.3 is 0 Å². The molecule has 1 aromatic rings. The zero-order valence-electron chi connectivity index (χ0n) is 13.4. The van der Waals surface area contributed by atoms with Gasteiger partial charge < -0.3 is 5.32 Å². The molecule has 20 heavy (non-hydrogen) atoms. The lowest BCUT2D eigenvalue weighted by Crippen LogP contribution is -2.59. The predicted octanol–water partition coefficient (Wildman–Crippen LogP) is 3.49. The van der Waals surface area contributed by atoms with Gasteiger partial charge in [-0.3, -0.25) is 9.88 Å². The van der Waals surface area contributed by atoms with E-state index in [2.05, 4.69) is 78.0 Å². The van der Waals surface area contributed by atoms with E-state index in [0.717, 1.165) is 36.1 Å². The van der Waals surface area contributed by atoms with E-state index < -0.39 is 0 Å². The van der Waals surface area contributed by atoms with Crippen LogP contribution >= 0.6 is 15.9 Å². The van der Waals surface area contributed by atoms with Crippen molar-refractivity contribution in [3.05, 3.63) is 28.5 Å². The van der Waals surface area contributed by atoms with Crippen LogP contribution in [0.3, 0.4) is 0 Å². The molecule has 4 heteroatoms. The van der Waals surface area contributed by atoms with Gasteiger partial charge in [-0.05, 0) is 61.5 Å². The maximum Gasteiger partial charge on any atom is 0.0420 e. The average molecular weight is 342 g/mol. The van der Waals surface area contributed by atoms with E-state index in [1.807, 2.05) is 6.20 Å². The maximum absolute atomic E-state index is 4.52. The molecular weight excluding hydrogens is 314 g/mol. The molecule has 0 aliphatic carbocycles. The minimum atomic E-state index is 0.146. The van der Waals surface area contributed by atoms with Crippen LogP contribution in [0.1, 0.15) is 39.8 Å². The van der Waals surface area contributed by atoms with Crippen molar-refractivity contribution in [1.29, 1.82) is 0 Å². The number of hydrogen-bond donors (Lipinski definition) is 1. The summed E-state index contributed by atoms with van der Waals surface area (Å²) in [6.07, 6.45) is 3.95. The third kappa shape index (κ3) is 4.03. The molecular formula is C16H28BrN3. The Morgan fingerprint density at radius 2 is 1.95 bits per heavy atom. The highest BCUT2D eigenvalue weighted by Crippen LogP contribution is 2.25. The zero-order valence-corrected chi connectivity index (χ0v) is 15.0. The number of hydrogen-bond acceptors (Lipinski definition) is 3. The summed E-state index contributed by atoms with van der Waals surface area (Å²) in [5.74, 6) is 0. The molecule has 0 radical (unpaired) electrons. The Bertz CT molecular complexity index is 389. The number of halogens is 1. The predicted molar refractivity (Wildman–Crippen MR) is 90.1 cm³/mol. The molecule has 0 fully saturated rings. The van der Waals surface area contributed by atoms with Gasteiger partial charge in [0.25, 0.3) is 0 Å². The fraction of sp³-hybridized carbons (Fsp3) is 0.688. The fourth-order valence-corrected chi connectivity index (χ4v) is 3.24. The molecule has 3 nitrogen and oxygen atoms in total. The molecule has 1 N–H and O–H groups in total. The van der Waals surface area contributed by atoms with Crippen molar-refractivity contribution in [3.8, 4) is 0 Å². The molecule has 0 bridgehead atoms. The van der Waals surface area contributed by atoms with Gasteiger partial charge in [0.2, 0.25) is 0 Å². The zero-order chi connectivity index (χ0) is 15.2. The van der Waals surface area contributed by atoms with Gasteiger partial charge in [-0.25, -0.2) is 0 Å². The van der Waals surface area contributed by atoms with Crippen molar-refractivity contribution in [2.24, 2.45) is 0 Å². The van der Waals surface area contributed by atoms with E-state index in [0.29, 0.717) is 6.04 Å². The lowest BCUT2D eigenvalue weighted by molar-refractivity contribution is 0.0727. The number of pyridine rings is 1. The molecule has 2 atom stereocenters. The SMILES string of the molecule is CCN(CC)C(C)(CC)C(Cc1ccc(Br)cn1)NC. The molecule has 0 aliphatic heterocycles. The van der Waals surface area contributed by atoms with Crippen LogP contribution in [-0.2, 0) is 6.42 Å². The second-order valence-corrected chi connectivity index (χ2v) is 6.31. The van der Waals surface area contributed by atoms with E-state index in [1.165, 1.54) is 0 Å². The van der Waals surface area contributed by atoms with E-state index >= 15 is 0 Å². The monoisotopic (exact) mass is 341 g/mol. The first-order valence-electron chi connectivity index (χ1n) is 7.54. The minimum Gasteiger partial charge on any atom is -0.315 e. The van der Waals surface area contributed by atoms with Crippen LogP contribution in [0, 0.1) is 0 Å². The fourth-order valence-electron chi connectivity index (χ4n) is 3.01. The van der Waals surface area contributed by atoms with Gasteiger partial charge in [-0.1, -0.05) is 20.8 Å². The van der Waals surface area contributed by atoms with Gasteiger partial charge in [0, 0.05) is 34.4 Å². The molecule has 1 aromatic heterocycles. The van der Waals surface area contributed by atoms with Crippen LogP contribution in [0.2, 0.25) is 0 Å². The molecule has 0 aromatic carbocycles. The lowest BCUT2D eigenvalue weighted by Gasteiger charge is -2.45. The van der Waals surface area contributed by atoms with Crippen LogP contribution in [0.25, 0.3) is 0 Å². The molecule has 0 amide bonds. The number of likely N-dealkylation sites (N-methyl/N-ethyl adjacent to an activating group) is 2. The highest BCUT2D eigenvalue weighted by Gasteiger charge is 2.36. The van der Waals surface area contributed by atoms with Crippen molar-refractivity contribution >= 4 is 15.9 Å². The summed E-state index contributed by atoms with van der Waals surface area (Å²) in [4.78, 5) is 7.07. The van der Waals surface area contributed by atoms with Gasteiger partial charge in [-0.15, -0.1) is 0 Å². The molecule has 0 saturated carbocycles. The molecule has 0 aliphatic rings. The summed E-state index contributed by atoms with van der Waals surface area (Å²) in [7, 11) is 2.06. The van der Waals surface area contributed by atoms with E-state index in [4.69, 9.17) is 0 Å². The van der Waals surface area contributed by atoms with Crippen LogP contribution < -0.4 is 5.32 Å². The van der Waals surface area contributed by atoms with Crippen molar-refractivity contribution in [1.82, 2.24) is 15.2 Å². The molecule has 114 valence electrons. The van der Waals surface area contributed by atoms with Gasteiger partial charge in [-0.2, -0.15) is 0 Å². The van der Waals surface area contributed by atoms with E-state index in [-0.39, 0.29) is 5.54 Å². The third-order valence-corrected chi connectivity index (χ3v) is 4.97.